The second-order valence-electron chi connectivity index (χ2n) is 3.92. The Hall–Kier alpha value is -0.620. The van der Waals surface area contributed by atoms with Crippen molar-refractivity contribution in [1.29, 1.82) is 0 Å². The highest BCUT2D eigenvalue weighted by molar-refractivity contribution is 14.1. The van der Waals surface area contributed by atoms with E-state index in [0.717, 1.165) is 28.6 Å². The lowest BCUT2D eigenvalue weighted by Gasteiger charge is -2.32. The molecular formula is C12H15IN2O. The minimum Gasteiger partial charge on any atom is -0.310 e. The molecule has 1 atom stereocenters. The second kappa shape index (κ2) is 5.14. The minimum absolute atomic E-state index is 0.0234. The van der Waals surface area contributed by atoms with Gasteiger partial charge < -0.3 is 10.2 Å². The van der Waals surface area contributed by atoms with Crippen LogP contribution >= 0.6 is 22.6 Å². The smallest absolute Gasteiger partial charge is 0.244 e. The van der Waals surface area contributed by atoms with Crippen molar-refractivity contribution in [1.82, 2.24) is 5.32 Å². The largest absolute Gasteiger partial charge is 0.310 e. The molecule has 1 heterocycles. The standard InChI is InChI=1S/C12H15IN2O/c1-14-10-6-4-8-15(12(10)16)11-7-3-2-5-9(11)13/h2-3,5,7,10,14H,4,6,8H2,1H3. The Labute approximate surface area is 109 Å². The fourth-order valence-electron chi connectivity index (χ4n) is 2.05. The summed E-state index contributed by atoms with van der Waals surface area (Å²) in [5, 5.41) is 3.08. The monoisotopic (exact) mass is 330 g/mol. The Bertz CT molecular complexity index is 394. The van der Waals surface area contributed by atoms with Crippen molar-refractivity contribution in [2.45, 2.75) is 18.9 Å². The van der Waals surface area contributed by atoms with Gasteiger partial charge in [-0.15, -0.1) is 0 Å². The average molecular weight is 330 g/mol. The Balaban J connectivity index is 2.27. The minimum atomic E-state index is -0.0234. The fraction of sp³-hybridized carbons (Fsp3) is 0.417. The second-order valence-corrected chi connectivity index (χ2v) is 5.09. The van der Waals surface area contributed by atoms with Crippen LogP contribution in [0.1, 0.15) is 12.8 Å². The first kappa shape index (κ1) is 11.9. The van der Waals surface area contributed by atoms with E-state index in [2.05, 4.69) is 27.9 Å². The van der Waals surface area contributed by atoms with E-state index >= 15 is 0 Å². The molecule has 1 saturated heterocycles. The zero-order valence-corrected chi connectivity index (χ0v) is 11.4. The van der Waals surface area contributed by atoms with Gasteiger partial charge in [-0.3, -0.25) is 4.79 Å². The van der Waals surface area contributed by atoms with Gasteiger partial charge >= 0.3 is 0 Å². The zero-order valence-electron chi connectivity index (χ0n) is 9.24. The molecule has 0 saturated carbocycles. The normalized spacial score (nSPS) is 21.2. The van der Waals surface area contributed by atoms with Crippen LogP contribution < -0.4 is 10.2 Å². The van der Waals surface area contributed by atoms with Gasteiger partial charge in [0.15, 0.2) is 0 Å². The number of benzene rings is 1. The summed E-state index contributed by atoms with van der Waals surface area (Å²) in [5.41, 5.74) is 1.04. The van der Waals surface area contributed by atoms with Crippen LogP contribution in [-0.2, 0) is 4.79 Å². The molecule has 0 radical (unpaired) electrons. The number of rotatable bonds is 2. The van der Waals surface area contributed by atoms with E-state index < -0.39 is 0 Å². The first-order valence-corrected chi connectivity index (χ1v) is 6.55. The Morgan fingerprint density at radius 3 is 2.88 bits per heavy atom. The van der Waals surface area contributed by atoms with Gasteiger partial charge in [0.05, 0.1) is 11.7 Å². The number of anilines is 1. The van der Waals surface area contributed by atoms with Crippen molar-refractivity contribution >= 4 is 34.2 Å². The van der Waals surface area contributed by atoms with Gasteiger partial charge in [0.1, 0.15) is 0 Å². The zero-order chi connectivity index (χ0) is 11.5. The molecule has 0 spiro atoms. The quantitative estimate of drug-likeness (QED) is 0.842. The van der Waals surface area contributed by atoms with Crippen LogP contribution in [-0.4, -0.2) is 25.5 Å². The van der Waals surface area contributed by atoms with Crippen LogP contribution in [0.4, 0.5) is 5.69 Å². The molecule has 1 unspecified atom stereocenters. The third-order valence-electron chi connectivity index (χ3n) is 2.93. The number of para-hydroxylation sites is 1. The van der Waals surface area contributed by atoms with E-state index in [1.54, 1.807) is 0 Å². The molecule has 2 rings (SSSR count). The lowest BCUT2D eigenvalue weighted by molar-refractivity contribution is -0.121. The van der Waals surface area contributed by atoms with E-state index in [-0.39, 0.29) is 11.9 Å². The van der Waals surface area contributed by atoms with E-state index in [4.69, 9.17) is 0 Å². The molecule has 1 N–H and O–H groups in total. The van der Waals surface area contributed by atoms with Gasteiger partial charge in [0.2, 0.25) is 5.91 Å². The van der Waals surface area contributed by atoms with Crippen LogP contribution in [0.15, 0.2) is 24.3 Å². The highest BCUT2D eigenvalue weighted by atomic mass is 127. The van der Waals surface area contributed by atoms with Crippen LogP contribution in [0.5, 0.6) is 0 Å². The van der Waals surface area contributed by atoms with Crippen molar-refractivity contribution < 1.29 is 4.79 Å². The molecule has 1 aromatic carbocycles. The Kier molecular flexibility index (Phi) is 3.81. The average Bonchev–Trinajstić information content (AvgIpc) is 2.31. The number of carbonyl (C=O) groups excluding carboxylic acids is 1. The van der Waals surface area contributed by atoms with Gasteiger partial charge in [0.25, 0.3) is 0 Å². The number of halogens is 1. The molecule has 1 amide bonds. The molecule has 0 aromatic heterocycles. The molecule has 16 heavy (non-hydrogen) atoms. The summed E-state index contributed by atoms with van der Waals surface area (Å²) >= 11 is 2.28. The highest BCUT2D eigenvalue weighted by Crippen LogP contribution is 2.25. The van der Waals surface area contributed by atoms with Gasteiger partial charge in [-0.1, -0.05) is 12.1 Å². The third-order valence-corrected chi connectivity index (χ3v) is 3.84. The van der Waals surface area contributed by atoms with Gasteiger partial charge in [-0.25, -0.2) is 0 Å². The van der Waals surface area contributed by atoms with Crippen molar-refractivity contribution in [2.75, 3.05) is 18.5 Å². The van der Waals surface area contributed by atoms with E-state index in [1.807, 2.05) is 36.2 Å². The topological polar surface area (TPSA) is 32.3 Å². The van der Waals surface area contributed by atoms with Gasteiger partial charge in [0, 0.05) is 10.1 Å². The predicted molar refractivity (Wildman–Crippen MR) is 73.6 cm³/mol. The maximum absolute atomic E-state index is 12.2. The summed E-state index contributed by atoms with van der Waals surface area (Å²) in [6, 6.07) is 8.00. The van der Waals surface area contributed by atoms with Crippen molar-refractivity contribution in [3.63, 3.8) is 0 Å². The number of piperidine rings is 1. The van der Waals surface area contributed by atoms with E-state index in [1.165, 1.54) is 0 Å². The first-order chi connectivity index (χ1) is 7.74. The molecule has 1 fully saturated rings. The maximum Gasteiger partial charge on any atom is 0.244 e. The van der Waals surface area contributed by atoms with Crippen LogP contribution in [0.3, 0.4) is 0 Å². The SMILES string of the molecule is CNC1CCCN(c2ccccc2I)C1=O. The molecule has 1 aliphatic heterocycles. The van der Waals surface area contributed by atoms with Crippen molar-refractivity contribution in [3.8, 4) is 0 Å². The third kappa shape index (κ3) is 2.22. The summed E-state index contributed by atoms with van der Waals surface area (Å²) in [6.45, 7) is 0.830. The number of hydrogen-bond donors (Lipinski definition) is 1. The summed E-state index contributed by atoms with van der Waals surface area (Å²) in [4.78, 5) is 14.1. The summed E-state index contributed by atoms with van der Waals surface area (Å²) in [5.74, 6) is 0.192. The van der Waals surface area contributed by atoms with Gasteiger partial charge in [-0.05, 0) is 54.6 Å². The number of amides is 1. The first-order valence-electron chi connectivity index (χ1n) is 5.47. The Morgan fingerprint density at radius 2 is 2.19 bits per heavy atom. The van der Waals surface area contributed by atoms with E-state index in [0.29, 0.717) is 0 Å². The summed E-state index contributed by atoms with van der Waals surface area (Å²) in [7, 11) is 1.85. The number of nitrogens with zero attached hydrogens (tertiary/aromatic N) is 1. The Morgan fingerprint density at radius 1 is 1.44 bits per heavy atom. The van der Waals surface area contributed by atoms with Crippen LogP contribution in [0, 0.1) is 3.57 Å². The number of likely N-dealkylation sites (N-methyl/N-ethyl adjacent to an activating group) is 1. The summed E-state index contributed by atoms with van der Waals surface area (Å²) in [6.07, 6.45) is 2.00. The molecular weight excluding hydrogens is 315 g/mol. The van der Waals surface area contributed by atoms with Crippen LogP contribution in [0.25, 0.3) is 0 Å². The fourth-order valence-corrected chi connectivity index (χ4v) is 2.73. The van der Waals surface area contributed by atoms with Crippen molar-refractivity contribution in [2.24, 2.45) is 0 Å². The molecule has 4 heteroatoms. The lowest BCUT2D eigenvalue weighted by Crippen LogP contribution is -2.50. The predicted octanol–water partition coefficient (Wildman–Crippen LogP) is 2.01. The number of carbonyl (C=O) groups is 1. The maximum atomic E-state index is 12.2. The molecule has 0 aliphatic carbocycles. The number of nitrogens with one attached hydrogen (secondary N) is 1. The molecule has 0 bridgehead atoms. The summed E-state index contributed by atoms with van der Waals surface area (Å²) < 4.78 is 1.13. The molecule has 86 valence electrons. The van der Waals surface area contributed by atoms with Crippen molar-refractivity contribution in [3.05, 3.63) is 27.8 Å². The molecule has 1 aromatic rings. The number of hydrogen-bond acceptors (Lipinski definition) is 2. The van der Waals surface area contributed by atoms with Gasteiger partial charge in [-0.2, -0.15) is 0 Å². The van der Waals surface area contributed by atoms with E-state index in [9.17, 15) is 4.79 Å². The molecule has 3 nitrogen and oxygen atoms in total. The van der Waals surface area contributed by atoms with Crippen LogP contribution in [0.2, 0.25) is 0 Å². The lowest BCUT2D eigenvalue weighted by atomic mass is 10.0. The molecule has 1 aliphatic rings. The highest BCUT2D eigenvalue weighted by Gasteiger charge is 2.28.